The van der Waals surface area contributed by atoms with Crippen LogP contribution in [0.3, 0.4) is 0 Å². The van der Waals surface area contributed by atoms with E-state index in [4.69, 9.17) is 0 Å². The zero-order chi connectivity index (χ0) is 20.5. The van der Waals surface area contributed by atoms with E-state index in [-0.39, 0.29) is 11.8 Å². The van der Waals surface area contributed by atoms with Crippen molar-refractivity contribution < 1.29 is 4.79 Å². The van der Waals surface area contributed by atoms with Gasteiger partial charge in [-0.05, 0) is 50.3 Å². The lowest BCUT2D eigenvalue weighted by Gasteiger charge is -2.17. The van der Waals surface area contributed by atoms with Gasteiger partial charge in [-0.25, -0.2) is 4.98 Å². The summed E-state index contributed by atoms with van der Waals surface area (Å²) in [5.41, 5.74) is 2.86. The molecule has 0 aliphatic heterocycles. The fraction of sp³-hybridized carbons (Fsp3) is 0.250. The molecule has 0 aliphatic rings. The summed E-state index contributed by atoms with van der Waals surface area (Å²) in [6, 6.07) is 23.4. The Bertz CT molecular complexity index is 840. The molecule has 5 nitrogen and oxygen atoms in total. The number of nitrogens with one attached hydrogen (secondary N) is 2. The number of hydrogen-bond acceptors (Lipinski definition) is 4. The van der Waals surface area contributed by atoms with Crippen molar-refractivity contribution in [3.8, 4) is 0 Å². The van der Waals surface area contributed by atoms with Gasteiger partial charge in [0.15, 0.2) is 0 Å². The summed E-state index contributed by atoms with van der Waals surface area (Å²) in [6.07, 6.45) is 2.81. The second-order valence-corrected chi connectivity index (χ2v) is 7.26. The van der Waals surface area contributed by atoms with Crippen LogP contribution in [0.2, 0.25) is 0 Å². The number of amides is 1. The van der Waals surface area contributed by atoms with Crippen molar-refractivity contribution in [3.63, 3.8) is 0 Å². The van der Waals surface area contributed by atoms with Crippen LogP contribution >= 0.6 is 0 Å². The van der Waals surface area contributed by atoms with Gasteiger partial charge in [-0.3, -0.25) is 4.79 Å². The van der Waals surface area contributed by atoms with Crippen LogP contribution in [0.4, 0.5) is 11.5 Å². The van der Waals surface area contributed by atoms with E-state index in [1.807, 2.05) is 72.8 Å². The number of carbonyl (C=O) groups excluding carboxylic acids is 1. The molecular weight excluding hydrogens is 360 g/mol. The van der Waals surface area contributed by atoms with Crippen molar-refractivity contribution in [2.45, 2.75) is 12.3 Å². The molecule has 3 rings (SSSR count). The van der Waals surface area contributed by atoms with Crippen LogP contribution in [-0.4, -0.2) is 43.0 Å². The van der Waals surface area contributed by atoms with Gasteiger partial charge in [-0.2, -0.15) is 0 Å². The third kappa shape index (κ3) is 6.16. The van der Waals surface area contributed by atoms with Gasteiger partial charge in [-0.1, -0.05) is 60.7 Å². The van der Waals surface area contributed by atoms with E-state index in [1.165, 1.54) is 0 Å². The minimum atomic E-state index is -0.386. The Balaban J connectivity index is 1.67. The molecule has 1 aromatic heterocycles. The van der Waals surface area contributed by atoms with Crippen LogP contribution in [-0.2, 0) is 4.79 Å². The molecule has 0 saturated heterocycles. The van der Waals surface area contributed by atoms with Gasteiger partial charge in [0.1, 0.15) is 5.82 Å². The average Bonchev–Trinajstić information content (AvgIpc) is 2.74. The first-order valence-electron chi connectivity index (χ1n) is 9.89. The molecule has 0 saturated carbocycles. The molecule has 5 heteroatoms. The minimum absolute atomic E-state index is 0.0957. The average molecular weight is 389 g/mol. The van der Waals surface area contributed by atoms with Crippen molar-refractivity contribution in [3.05, 3.63) is 90.1 Å². The highest BCUT2D eigenvalue weighted by Crippen LogP contribution is 2.26. The van der Waals surface area contributed by atoms with Gasteiger partial charge < -0.3 is 15.5 Å². The van der Waals surface area contributed by atoms with Crippen LogP contribution in [0, 0.1) is 0 Å². The minimum Gasteiger partial charge on any atom is -0.384 e. The highest BCUT2D eigenvalue weighted by atomic mass is 16.1. The number of nitrogens with zero attached hydrogens (tertiary/aromatic N) is 2. The molecule has 0 bridgehead atoms. The Morgan fingerprint density at radius 1 is 0.931 bits per heavy atom. The molecule has 0 spiro atoms. The number of anilines is 2. The van der Waals surface area contributed by atoms with Crippen molar-refractivity contribution in [2.75, 3.05) is 37.8 Å². The quantitative estimate of drug-likeness (QED) is 0.539. The van der Waals surface area contributed by atoms with E-state index in [9.17, 15) is 4.79 Å². The summed E-state index contributed by atoms with van der Waals surface area (Å²) in [6.45, 7) is 1.92. The SMILES string of the molecule is CN(C)CCCNc1ccc(NC(=O)C(c2ccccc2)c2ccccc2)nc1. The fourth-order valence-electron chi connectivity index (χ4n) is 3.18. The van der Waals surface area contributed by atoms with Gasteiger partial charge >= 0.3 is 0 Å². The van der Waals surface area contributed by atoms with E-state index >= 15 is 0 Å². The summed E-state index contributed by atoms with van der Waals surface area (Å²) in [5.74, 6) is 0.0651. The molecule has 0 aliphatic carbocycles. The van der Waals surface area contributed by atoms with Crippen molar-refractivity contribution >= 4 is 17.4 Å². The molecule has 3 aromatic rings. The summed E-state index contributed by atoms with van der Waals surface area (Å²) in [5, 5.41) is 6.32. The predicted molar refractivity (Wildman–Crippen MR) is 119 cm³/mol. The normalized spacial score (nSPS) is 10.9. The molecule has 1 heterocycles. The first kappa shape index (κ1) is 20.6. The maximum Gasteiger partial charge on any atom is 0.237 e. The Labute approximate surface area is 172 Å². The Morgan fingerprint density at radius 3 is 2.07 bits per heavy atom. The molecule has 1 amide bonds. The monoisotopic (exact) mass is 388 g/mol. The molecule has 2 aromatic carbocycles. The second kappa shape index (κ2) is 10.4. The van der Waals surface area contributed by atoms with Gasteiger partial charge in [0.2, 0.25) is 5.91 Å². The lowest BCUT2D eigenvalue weighted by atomic mass is 9.90. The lowest BCUT2D eigenvalue weighted by Crippen LogP contribution is -2.22. The van der Waals surface area contributed by atoms with E-state index in [2.05, 4.69) is 34.6 Å². The molecular formula is C24H28N4O. The Kier molecular flexibility index (Phi) is 7.36. The summed E-state index contributed by atoms with van der Waals surface area (Å²) < 4.78 is 0. The topological polar surface area (TPSA) is 57.3 Å². The Morgan fingerprint density at radius 2 is 1.55 bits per heavy atom. The molecule has 0 atom stereocenters. The first-order chi connectivity index (χ1) is 14.1. The number of rotatable bonds is 9. The zero-order valence-corrected chi connectivity index (χ0v) is 17.0. The maximum atomic E-state index is 13.1. The Hall–Kier alpha value is -3.18. The van der Waals surface area contributed by atoms with Gasteiger partial charge in [0.05, 0.1) is 17.8 Å². The summed E-state index contributed by atoms with van der Waals surface area (Å²) in [7, 11) is 4.13. The smallest absolute Gasteiger partial charge is 0.237 e. The number of aromatic nitrogens is 1. The largest absolute Gasteiger partial charge is 0.384 e. The summed E-state index contributed by atoms with van der Waals surface area (Å²) >= 11 is 0. The number of carbonyl (C=O) groups is 1. The lowest BCUT2D eigenvalue weighted by molar-refractivity contribution is -0.116. The molecule has 29 heavy (non-hydrogen) atoms. The molecule has 0 radical (unpaired) electrons. The van der Waals surface area contributed by atoms with Crippen molar-refractivity contribution in [1.29, 1.82) is 0 Å². The number of pyridine rings is 1. The van der Waals surface area contributed by atoms with E-state index < -0.39 is 0 Å². The van der Waals surface area contributed by atoms with Crippen LogP contribution in [0.15, 0.2) is 79.0 Å². The highest BCUT2D eigenvalue weighted by Gasteiger charge is 2.22. The van der Waals surface area contributed by atoms with Crippen LogP contribution in [0.5, 0.6) is 0 Å². The second-order valence-electron chi connectivity index (χ2n) is 7.26. The molecule has 2 N–H and O–H groups in total. The third-order valence-corrected chi connectivity index (χ3v) is 4.65. The van der Waals surface area contributed by atoms with E-state index in [0.29, 0.717) is 5.82 Å². The van der Waals surface area contributed by atoms with Crippen molar-refractivity contribution in [2.24, 2.45) is 0 Å². The summed E-state index contributed by atoms with van der Waals surface area (Å²) in [4.78, 5) is 19.7. The van der Waals surface area contributed by atoms with Gasteiger partial charge in [0.25, 0.3) is 0 Å². The molecule has 0 unspecified atom stereocenters. The predicted octanol–water partition coefficient (Wildman–Crippen LogP) is 4.22. The zero-order valence-electron chi connectivity index (χ0n) is 17.0. The first-order valence-corrected chi connectivity index (χ1v) is 9.89. The van der Waals surface area contributed by atoms with Crippen LogP contribution < -0.4 is 10.6 Å². The maximum absolute atomic E-state index is 13.1. The van der Waals surface area contributed by atoms with E-state index in [1.54, 1.807) is 6.20 Å². The highest BCUT2D eigenvalue weighted by molar-refractivity contribution is 5.97. The fourth-order valence-corrected chi connectivity index (χ4v) is 3.18. The van der Waals surface area contributed by atoms with E-state index in [0.717, 1.165) is 36.3 Å². The van der Waals surface area contributed by atoms with Gasteiger partial charge in [0, 0.05) is 6.54 Å². The van der Waals surface area contributed by atoms with Gasteiger partial charge in [-0.15, -0.1) is 0 Å². The number of benzene rings is 2. The van der Waals surface area contributed by atoms with Crippen molar-refractivity contribution in [1.82, 2.24) is 9.88 Å². The van der Waals surface area contributed by atoms with Crippen LogP contribution in [0.1, 0.15) is 23.5 Å². The van der Waals surface area contributed by atoms with Crippen LogP contribution in [0.25, 0.3) is 0 Å². The number of hydrogen-bond donors (Lipinski definition) is 2. The molecule has 150 valence electrons. The molecule has 0 fully saturated rings. The third-order valence-electron chi connectivity index (χ3n) is 4.65. The standard InChI is InChI=1S/C24H28N4O/c1-28(2)17-9-16-25-21-14-15-22(26-18-21)27-24(29)23(19-10-5-3-6-11-19)20-12-7-4-8-13-20/h3-8,10-15,18,23,25H,9,16-17H2,1-2H3,(H,26,27,29).